The summed E-state index contributed by atoms with van der Waals surface area (Å²) in [6.45, 7) is 4.64. The molecular formula is C14H23FN2O2. The van der Waals surface area contributed by atoms with Crippen LogP contribution in [0, 0.1) is 5.82 Å². The van der Waals surface area contributed by atoms with E-state index in [1.165, 1.54) is 13.2 Å². The average Bonchev–Trinajstić information content (AvgIpc) is 2.39. The lowest BCUT2D eigenvalue weighted by molar-refractivity contribution is 0.296. The van der Waals surface area contributed by atoms with E-state index in [9.17, 15) is 9.50 Å². The van der Waals surface area contributed by atoms with E-state index in [-0.39, 0.29) is 18.4 Å². The fourth-order valence-corrected chi connectivity index (χ4v) is 2.30. The molecule has 5 heteroatoms. The second-order valence-electron chi connectivity index (χ2n) is 4.43. The Bertz CT molecular complexity index is 409. The highest BCUT2D eigenvalue weighted by molar-refractivity contribution is 5.70. The molecule has 0 bridgehead atoms. The number of anilines is 2. The lowest BCUT2D eigenvalue weighted by Crippen LogP contribution is -2.37. The van der Waals surface area contributed by atoms with Gasteiger partial charge in [0.25, 0.3) is 0 Å². The zero-order valence-corrected chi connectivity index (χ0v) is 11.8. The maximum Gasteiger partial charge on any atom is 0.167 e. The number of ether oxygens (including phenoxy) is 1. The van der Waals surface area contributed by atoms with E-state index < -0.39 is 5.82 Å². The zero-order chi connectivity index (χ0) is 14.4. The van der Waals surface area contributed by atoms with Gasteiger partial charge >= 0.3 is 0 Å². The molecule has 108 valence electrons. The smallest absolute Gasteiger partial charge is 0.167 e. The van der Waals surface area contributed by atoms with Crippen LogP contribution in [-0.4, -0.2) is 31.4 Å². The fraction of sp³-hybridized carbons (Fsp3) is 0.571. The highest BCUT2D eigenvalue weighted by atomic mass is 19.1. The van der Waals surface area contributed by atoms with E-state index in [0.717, 1.165) is 12.8 Å². The van der Waals surface area contributed by atoms with E-state index in [4.69, 9.17) is 10.5 Å². The van der Waals surface area contributed by atoms with Crippen LogP contribution in [0.4, 0.5) is 15.8 Å². The number of nitrogen functional groups attached to an aromatic ring is 1. The van der Waals surface area contributed by atoms with Gasteiger partial charge < -0.3 is 20.5 Å². The molecule has 19 heavy (non-hydrogen) atoms. The topological polar surface area (TPSA) is 58.7 Å². The molecule has 0 aliphatic heterocycles. The summed E-state index contributed by atoms with van der Waals surface area (Å²) in [6.07, 6.45) is 1.85. The van der Waals surface area contributed by atoms with Crippen LogP contribution < -0.4 is 15.4 Å². The van der Waals surface area contributed by atoms with Crippen LogP contribution in [0.25, 0.3) is 0 Å². The van der Waals surface area contributed by atoms with Crippen molar-refractivity contribution in [3.63, 3.8) is 0 Å². The van der Waals surface area contributed by atoms with Crippen LogP contribution in [0.5, 0.6) is 5.75 Å². The van der Waals surface area contributed by atoms with Crippen molar-refractivity contribution in [1.82, 2.24) is 0 Å². The first-order valence-corrected chi connectivity index (χ1v) is 6.59. The summed E-state index contributed by atoms with van der Waals surface area (Å²) in [5, 5.41) is 9.22. The molecule has 1 aromatic carbocycles. The Morgan fingerprint density at radius 1 is 1.37 bits per heavy atom. The third-order valence-electron chi connectivity index (χ3n) is 3.33. The number of nitrogens with two attached hydrogens (primary N) is 1. The Hall–Kier alpha value is -1.49. The van der Waals surface area contributed by atoms with Crippen LogP contribution in [0.15, 0.2) is 12.1 Å². The van der Waals surface area contributed by atoms with Gasteiger partial charge in [0.15, 0.2) is 11.6 Å². The first-order valence-electron chi connectivity index (χ1n) is 6.59. The molecule has 0 unspecified atom stereocenters. The number of methoxy groups -OCH3 is 1. The monoisotopic (exact) mass is 270 g/mol. The molecule has 0 fully saturated rings. The van der Waals surface area contributed by atoms with Gasteiger partial charge in [-0.25, -0.2) is 4.39 Å². The molecule has 3 N–H and O–H groups in total. The van der Waals surface area contributed by atoms with E-state index in [2.05, 4.69) is 13.8 Å². The van der Waals surface area contributed by atoms with E-state index in [0.29, 0.717) is 17.9 Å². The quantitative estimate of drug-likeness (QED) is 0.747. The van der Waals surface area contributed by atoms with Crippen molar-refractivity contribution in [3.05, 3.63) is 17.9 Å². The minimum absolute atomic E-state index is 0.0234. The number of aliphatic hydroxyl groups is 1. The molecule has 0 spiro atoms. The minimum atomic E-state index is -0.475. The molecule has 1 rings (SSSR count). The maximum atomic E-state index is 13.6. The van der Waals surface area contributed by atoms with Crippen molar-refractivity contribution < 1.29 is 14.2 Å². The summed E-state index contributed by atoms with van der Waals surface area (Å²) >= 11 is 0. The zero-order valence-electron chi connectivity index (χ0n) is 11.8. The standard InChI is InChI=1S/C14H23FN2O2/c1-4-10(5-2)17(6-7-18)13-9-14(19-3)11(15)8-12(13)16/h8-10,18H,4-7,16H2,1-3H3. The van der Waals surface area contributed by atoms with Crippen LogP contribution >= 0.6 is 0 Å². The average molecular weight is 270 g/mol. The molecule has 0 radical (unpaired) electrons. The molecular weight excluding hydrogens is 247 g/mol. The number of halogens is 1. The second-order valence-corrected chi connectivity index (χ2v) is 4.43. The first-order chi connectivity index (χ1) is 9.08. The number of rotatable bonds is 7. The number of hydrogen-bond donors (Lipinski definition) is 2. The van der Waals surface area contributed by atoms with Crippen LogP contribution in [-0.2, 0) is 0 Å². The van der Waals surface area contributed by atoms with Crippen molar-refractivity contribution in [3.8, 4) is 5.75 Å². The molecule has 0 saturated carbocycles. The van der Waals surface area contributed by atoms with Crippen molar-refractivity contribution in [2.75, 3.05) is 30.9 Å². The predicted molar refractivity (Wildman–Crippen MR) is 76.2 cm³/mol. The Kier molecular flexibility index (Phi) is 5.89. The van der Waals surface area contributed by atoms with Crippen LogP contribution in [0.2, 0.25) is 0 Å². The van der Waals surface area contributed by atoms with E-state index in [1.54, 1.807) is 6.07 Å². The van der Waals surface area contributed by atoms with Gasteiger partial charge in [-0.3, -0.25) is 0 Å². The normalized spacial score (nSPS) is 10.8. The van der Waals surface area contributed by atoms with Gasteiger partial charge in [-0.15, -0.1) is 0 Å². The largest absolute Gasteiger partial charge is 0.494 e. The third-order valence-corrected chi connectivity index (χ3v) is 3.33. The number of nitrogens with zero attached hydrogens (tertiary/aromatic N) is 1. The molecule has 0 aliphatic rings. The molecule has 0 aliphatic carbocycles. The summed E-state index contributed by atoms with van der Waals surface area (Å²) in [6, 6.07) is 3.11. The second kappa shape index (κ2) is 7.19. The van der Waals surface area contributed by atoms with Crippen molar-refractivity contribution in [2.45, 2.75) is 32.7 Å². The highest BCUT2D eigenvalue weighted by Crippen LogP contribution is 2.33. The van der Waals surface area contributed by atoms with Gasteiger partial charge in [-0.2, -0.15) is 0 Å². The molecule has 1 aromatic rings. The maximum absolute atomic E-state index is 13.6. The highest BCUT2D eigenvalue weighted by Gasteiger charge is 2.19. The number of hydrogen-bond acceptors (Lipinski definition) is 4. The molecule has 0 atom stereocenters. The van der Waals surface area contributed by atoms with Crippen molar-refractivity contribution >= 4 is 11.4 Å². The minimum Gasteiger partial charge on any atom is -0.494 e. The number of aliphatic hydroxyl groups excluding tert-OH is 1. The summed E-state index contributed by atoms with van der Waals surface area (Å²) in [7, 11) is 1.42. The van der Waals surface area contributed by atoms with Crippen molar-refractivity contribution in [1.29, 1.82) is 0 Å². The Morgan fingerprint density at radius 3 is 2.47 bits per heavy atom. The Labute approximate surface area is 114 Å². The molecule has 0 amide bonds. The lowest BCUT2D eigenvalue weighted by Gasteiger charge is -2.33. The summed E-state index contributed by atoms with van der Waals surface area (Å²) < 4.78 is 18.6. The van der Waals surface area contributed by atoms with Crippen LogP contribution in [0.3, 0.4) is 0 Å². The Morgan fingerprint density at radius 2 is 2.00 bits per heavy atom. The van der Waals surface area contributed by atoms with Gasteiger partial charge in [0.2, 0.25) is 0 Å². The number of benzene rings is 1. The van der Waals surface area contributed by atoms with E-state index in [1.807, 2.05) is 4.90 Å². The first kappa shape index (κ1) is 15.6. The van der Waals surface area contributed by atoms with Crippen LogP contribution in [0.1, 0.15) is 26.7 Å². The van der Waals surface area contributed by atoms with Gasteiger partial charge in [0.05, 0.1) is 25.1 Å². The Balaban J connectivity index is 3.21. The summed E-state index contributed by atoms with van der Waals surface area (Å²) in [4.78, 5) is 2.01. The predicted octanol–water partition coefficient (Wildman–Crippen LogP) is 2.40. The van der Waals surface area contributed by atoms with Gasteiger partial charge in [0, 0.05) is 24.7 Å². The molecule has 0 heterocycles. The van der Waals surface area contributed by atoms with Crippen molar-refractivity contribution in [2.24, 2.45) is 0 Å². The molecule has 0 saturated heterocycles. The van der Waals surface area contributed by atoms with E-state index >= 15 is 0 Å². The molecule has 0 aromatic heterocycles. The van der Waals surface area contributed by atoms with Gasteiger partial charge in [-0.05, 0) is 12.8 Å². The third kappa shape index (κ3) is 3.50. The summed E-state index contributed by atoms with van der Waals surface area (Å²) in [5.41, 5.74) is 6.97. The SMILES string of the molecule is CCC(CC)N(CCO)c1cc(OC)c(F)cc1N. The van der Waals surface area contributed by atoms with Gasteiger partial charge in [-0.1, -0.05) is 13.8 Å². The van der Waals surface area contributed by atoms with Gasteiger partial charge in [0.1, 0.15) is 0 Å². The summed E-state index contributed by atoms with van der Waals surface area (Å²) in [5.74, 6) is -0.310. The molecule has 4 nitrogen and oxygen atoms in total. The lowest BCUT2D eigenvalue weighted by atomic mass is 10.1. The fourth-order valence-electron chi connectivity index (χ4n) is 2.30.